The Morgan fingerprint density at radius 1 is 1.67 bits per heavy atom. The lowest BCUT2D eigenvalue weighted by atomic mass is 9.96. The van der Waals surface area contributed by atoms with E-state index in [1.54, 1.807) is 0 Å². The third kappa shape index (κ3) is 1.85. The van der Waals surface area contributed by atoms with Gasteiger partial charge in [0.15, 0.2) is 0 Å². The molecular weight excluding hydrogens is 254 g/mol. The van der Waals surface area contributed by atoms with E-state index in [1.807, 2.05) is 13.2 Å². The van der Waals surface area contributed by atoms with Gasteiger partial charge in [-0.25, -0.2) is 0 Å². The topological polar surface area (TPSA) is 29.9 Å². The van der Waals surface area contributed by atoms with E-state index in [2.05, 4.69) is 44.9 Å². The molecule has 1 heterocycles. The van der Waals surface area contributed by atoms with Crippen LogP contribution in [0.1, 0.15) is 38.4 Å². The molecule has 84 valence electrons. The van der Waals surface area contributed by atoms with Crippen molar-refractivity contribution < 1.29 is 0 Å². The predicted molar refractivity (Wildman–Crippen MR) is 64.7 cm³/mol. The molecule has 0 radical (unpaired) electrons. The molecule has 0 saturated heterocycles. The van der Waals surface area contributed by atoms with Gasteiger partial charge >= 0.3 is 0 Å². The largest absolute Gasteiger partial charge is 0.311 e. The molecule has 0 aromatic carbocycles. The first-order chi connectivity index (χ1) is 7.12. The van der Waals surface area contributed by atoms with Gasteiger partial charge in [0.1, 0.15) is 0 Å². The van der Waals surface area contributed by atoms with E-state index < -0.39 is 0 Å². The SMILES string of the molecule is CCn1ncc(Br)c1C(NC)C1(C)CC1. The third-order valence-corrected chi connectivity index (χ3v) is 4.04. The van der Waals surface area contributed by atoms with Crippen LogP contribution in [0.4, 0.5) is 0 Å². The van der Waals surface area contributed by atoms with Gasteiger partial charge in [-0.1, -0.05) is 6.92 Å². The van der Waals surface area contributed by atoms with Crippen molar-refractivity contribution in [3.8, 4) is 0 Å². The third-order valence-electron chi connectivity index (χ3n) is 3.43. The van der Waals surface area contributed by atoms with Crippen LogP contribution in [0.5, 0.6) is 0 Å². The first-order valence-corrected chi connectivity index (χ1v) is 6.30. The van der Waals surface area contributed by atoms with Gasteiger partial charge in [0.2, 0.25) is 0 Å². The Labute approximate surface area is 99.4 Å². The Bertz CT molecular complexity index is 355. The second kappa shape index (κ2) is 3.91. The number of rotatable bonds is 4. The van der Waals surface area contributed by atoms with Crippen LogP contribution in [0.25, 0.3) is 0 Å². The summed E-state index contributed by atoms with van der Waals surface area (Å²) in [5, 5.41) is 7.81. The van der Waals surface area contributed by atoms with Crippen LogP contribution in [0.15, 0.2) is 10.7 Å². The molecule has 1 aliphatic carbocycles. The van der Waals surface area contributed by atoms with Crippen molar-refractivity contribution in [3.05, 3.63) is 16.4 Å². The fourth-order valence-corrected chi connectivity index (χ4v) is 2.74. The van der Waals surface area contributed by atoms with Crippen LogP contribution in [0, 0.1) is 5.41 Å². The Balaban J connectivity index is 2.37. The number of aromatic nitrogens is 2. The van der Waals surface area contributed by atoms with E-state index in [0.29, 0.717) is 11.5 Å². The maximum absolute atomic E-state index is 4.37. The average Bonchev–Trinajstić information content (AvgIpc) is 2.85. The van der Waals surface area contributed by atoms with E-state index in [9.17, 15) is 0 Å². The summed E-state index contributed by atoms with van der Waals surface area (Å²) in [7, 11) is 2.04. The molecule has 1 unspecified atom stereocenters. The molecule has 1 fully saturated rings. The first-order valence-electron chi connectivity index (χ1n) is 5.51. The Kier molecular flexibility index (Phi) is 2.90. The summed E-state index contributed by atoms with van der Waals surface area (Å²) in [5.41, 5.74) is 1.71. The zero-order valence-electron chi connectivity index (χ0n) is 9.55. The molecule has 0 spiro atoms. The molecule has 1 N–H and O–H groups in total. The number of hydrogen-bond acceptors (Lipinski definition) is 2. The second-order valence-corrected chi connectivity index (χ2v) is 5.42. The fourth-order valence-electron chi connectivity index (χ4n) is 2.21. The quantitative estimate of drug-likeness (QED) is 0.913. The summed E-state index contributed by atoms with van der Waals surface area (Å²) in [5.74, 6) is 0. The van der Waals surface area contributed by atoms with Crippen molar-refractivity contribution in [2.24, 2.45) is 5.41 Å². The van der Waals surface area contributed by atoms with Gasteiger partial charge in [-0.05, 0) is 48.2 Å². The molecule has 1 atom stereocenters. The second-order valence-electron chi connectivity index (χ2n) is 4.57. The van der Waals surface area contributed by atoms with Crippen molar-refractivity contribution >= 4 is 15.9 Å². The molecule has 3 nitrogen and oxygen atoms in total. The summed E-state index contributed by atoms with van der Waals surface area (Å²) in [6, 6.07) is 0.411. The van der Waals surface area contributed by atoms with Crippen molar-refractivity contribution in [2.75, 3.05) is 7.05 Å². The van der Waals surface area contributed by atoms with E-state index in [0.717, 1.165) is 11.0 Å². The van der Waals surface area contributed by atoms with Gasteiger partial charge in [0, 0.05) is 6.54 Å². The molecule has 15 heavy (non-hydrogen) atoms. The van der Waals surface area contributed by atoms with Crippen LogP contribution in [0.3, 0.4) is 0 Å². The molecule has 1 aromatic heterocycles. The van der Waals surface area contributed by atoms with Gasteiger partial charge in [-0.3, -0.25) is 4.68 Å². The lowest BCUT2D eigenvalue weighted by molar-refractivity contribution is 0.363. The number of aryl methyl sites for hydroxylation is 1. The molecule has 1 saturated carbocycles. The Hall–Kier alpha value is -0.350. The van der Waals surface area contributed by atoms with Gasteiger partial charge < -0.3 is 5.32 Å². The van der Waals surface area contributed by atoms with E-state index in [1.165, 1.54) is 18.5 Å². The monoisotopic (exact) mass is 271 g/mol. The molecule has 2 rings (SSSR count). The smallest absolute Gasteiger partial charge is 0.0701 e. The van der Waals surface area contributed by atoms with Crippen LogP contribution < -0.4 is 5.32 Å². The van der Waals surface area contributed by atoms with Crippen LogP contribution in [0.2, 0.25) is 0 Å². The molecule has 4 heteroatoms. The van der Waals surface area contributed by atoms with E-state index in [-0.39, 0.29) is 0 Å². The van der Waals surface area contributed by atoms with E-state index in [4.69, 9.17) is 0 Å². The summed E-state index contributed by atoms with van der Waals surface area (Å²) in [6.07, 6.45) is 4.51. The molecule has 1 aliphatic rings. The van der Waals surface area contributed by atoms with Crippen molar-refractivity contribution in [1.82, 2.24) is 15.1 Å². The average molecular weight is 272 g/mol. The van der Waals surface area contributed by atoms with Crippen molar-refractivity contribution in [1.29, 1.82) is 0 Å². The maximum atomic E-state index is 4.37. The Morgan fingerprint density at radius 2 is 2.33 bits per heavy atom. The molecule has 1 aromatic rings. The highest BCUT2D eigenvalue weighted by Gasteiger charge is 2.46. The fraction of sp³-hybridized carbons (Fsp3) is 0.727. The first kappa shape index (κ1) is 11.1. The highest BCUT2D eigenvalue weighted by atomic mass is 79.9. The highest BCUT2D eigenvalue weighted by Crippen LogP contribution is 2.55. The van der Waals surface area contributed by atoms with E-state index >= 15 is 0 Å². The number of halogens is 1. The van der Waals surface area contributed by atoms with Crippen molar-refractivity contribution in [3.63, 3.8) is 0 Å². The summed E-state index contributed by atoms with van der Waals surface area (Å²) < 4.78 is 3.20. The summed E-state index contributed by atoms with van der Waals surface area (Å²) >= 11 is 3.60. The summed E-state index contributed by atoms with van der Waals surface area (Å²) in [6.45, 7) is 5.40. The van der Waals surface area contributed by atoms with Crippen LogP contribution in [-0.4, -0.2) is 16.8 Å². The number of hydrogen-bond donors (Lipinski definition) is 1. The molecular formula is C11H18BrN3. The number of nitrogens with zero attached hydrogens (tertiary/aromatic N) is 2. The van der Waals surface area contributed by atoms with Gasteiger partial charge in [-0.15, -0.1) is 0 Å². The van der Waals surface area contributed by atoms with Gasteiger partial charge in [0.05, 0.1) is 22.4 Å². The van der Waals surface area contributed by atoms with Gasteiger partial charge in [0.25, 0.3) is 0 Å². The molecule has 0 aliphatic heterocycles. The molecule has 0 bridgehead atoms. The maximum Gasteiger partial charge on any atom is 0.0701 e. The lowest BCUT2D eigenvalue weighted by Crippen LogP contribution is -2.27. The Morgan fingerprint density at radius 3 is 2.80 bits per heavy atom. The minimum absolute atomic E-state index is 0.411. The normalized spacial score (nSPS) is 20.3. The van der Waals surface area contributed by atoms with Crippen molar-refractivity contribution in [2.45, 2.75) is 39.3 Å². The minimum Gasteiger partial charge on any atom is -0.311 e. The highest BCUT2D eigenvalue weighted by molar-refractivity contribution is 9.10. The summed E-state index contributed by atoms with van der Waals surface area (Å²) in [4.78, 5) is 0. The number of nitrogens with one attached hydrogen (secondary N) is 1. The van der Waals surface area contributed by atoms with Crippen LogP contribution in [-0.2, 0) is 6.54 Å². The zero-order chi connectivity index (χ0) is 11.1. The minimum atomic E-state index is 0.411. The van der Waals surface area contributed by atoms with Gasteiger partial charge in [-0.2, -0.15) is 5.10 Å². The molecule has 0 amide bonds. The lowest BCUT2D eigenvalue weighted by Gasteiger charge is -2.24. The van der Waals surface area contributed by atoms with Crippen LogP contribution >= 0.6 is 15.9 Å². The standard InChI is InChI=1S/C11H18BrN3/c1-4-15-9(8(12)7-14-15)10(13-3)11(2)5-6-11/h7,10,13H,4-6H2,1-3H3. The zero-order valence-corrected chi connectivity index (χ0v) is 11.1. The predicted octanol–water partition coefficient (Wildman–Crippen LogP) is 2.73.